The van der Waals surface area contributed by atoms with E-state index in [0.29, 0.717) is 0 Å². The third kappa shape index (κ3) is 7.47. The summed E-state index contributed by atoms with van der Waals surface area (Å²) in [6.45, 7) is 4.46. The van der Waals surface area contributed by atoms with Crippen LogP contribution in [-0.4, -0.2) is 11.6 Å². The van der Waals surface area contributed by atoms with Crippen LogP contribution in [0.3, 0.4) is 0 Å². The van der Waals surface area contributed by atoms with Crippen molar-refractivity contribution in [2.75, 3.05) is 0 Å². The van der Waals surface area contributed by atoms with E-state index >= 15 is 0 Å². The van der Waals surface area contributed by atoms with Gasteiger partial charge in [0.15, 0.2) is 11.6 Å². The van der Waals surface area contributed by atoms with Crippen LogP contribution in [0.2, 0.25) is 0 Å². The van der Waals surface area contributed by atoms with Crippen molar-refractivity contribution in [2.24, 2.45) is 0 Å². The molecule has 0 atom stereocenters. The van der Waals surface area contributed by atoms with E-state index in [1.54, 1.807) is 0 Å². The van der Waals surface area contributed by atoms with Gasteiger partial charge in [0.05, 0.1) is 0 Å². The first kappa shape index (κ1) is 12.8. The van der Waals surface area contributed by atoms with Crippen molar-refractivity contribution in [3.8, 4) is 0 Å². The van der Waals surface area contributed by atoms with Crippen LogP contribution in [-0.2, 0) is 9.59 Å². The van der Waals surface area contributed by atoms with Crippen molar-refractivity contribution in [3.63, 3.8) is 0 Å². The Kier molecular flexibility index (Phi) is 7.71. The van der Waals surface area contributed by atoms with Gasteiger partial charge in [-0.1, -0.05) is 39.5 Å². The van der Waals surface area contributed by atoms with E-state index < -0.39 is 0 Å². The second-order valence-electron chi connectivity index (χ2n) is 3.18. The van der Waals surface area contributed by atoms with Gasteiger partial charge in [0, 0.05) is 0 Å². The van der Waals surface area contributed by atoms with Gasteiger partial charge >= 0.3 is 0 Å². The molecule has 0 aromatic heterocycles. The Morgan fingerprint density at radius 3 is 1.29 bits per heavy atom. The number of rotatable bonds is 3. The van der Waals surface area contributed by atoms with Gasteiger partial charge < -0.3 is 0 Å². The molecule has 2 nitrogen and oxygen atoms in total. The molecular weight excluding hydrogens is 176 g/mol. The van der Waals surface area contributed by atoms with Crippen molar-refractivity contribution in [1.29, 1.82) is 0 Å². The summed E-state index contributed by atoms with van der Waals surface area (Å²) in [6.07, 6.45) is 10.5. The van der Waals surface area contributed by atoms with Crippen LogP contribution in [0.15, 0.2) is 24.3 Å². The van der Waals surface area contributed by atoms with Gasteiger partial charge in [0.25, 0.3) is 0 Å². The normalized spacial score (nSPS) is 13.9. The molecule has 0 fully saturated rings. The van der Waals surface area contributed by atoms with Gasteiger partial charge in [-0.3, -0.25) is 9.59 Å². The summed E-state index contributed by atoms with van der Waals surface area (Å²) in [4.78, 5) is 20.6. The predicted molar refractivity (Wildman–Crippen MR) is 58.1 cm³/mol. The molecule has 78 valence electrons. The number of unbranched alkanes of at least 4 members (excludes halogenated alkanes) is 3. The largest absolute Gasteiger partial charge is 0.290 e. The van der Waals surface area contributed by atoms with Crippen LogP contribution in [0.25, 0.3) is 0 Å². The number of allylic oxidation sites excluding steroid dienone is 4. The van der Waals surface area contributed by atoms with Crippen LogP contribution in [0.4, 0.5) is 0 Å². The Labute approximate surface area is 85.7 Å². The number of carbonyl (C=O) groups is 2. The zero-order valence-electron chi connectivity index (χ0n) is 8.95. The molecule has 0 heterocycles. The Hall–Kier alpha value is -1.18. The summed E-state index contributed by atoms with van der Waals surface area (Å²) < 4.78 is 0. The molecule has 0 unspecified atom stereocenters. The van der Waals surface area contributed by atoms with Gasteiger partial charge in [-0.15, -0.1) is 0 Å². The maximum atomic E-state index is 10.3. The van der Waals surface area contributed by atoms with E-state index in [9.17, 15) is 9.59 Å². The first-order valence-corrected chi connectivity index (χ1v) is 5.14. The standard InChI is InChI=1S/C6H4O2.C6H14/c7-5-1-2-6(8)4-3-5;1-3-5-6-4-2/h1-4H;3-6H2,1-2H3. The highest BCUT2D eigenvalue weighted by Gasteiger charge is 1.97. The number of hydrogen-bond acceptors (Lipinski definition) is 2. The summed E-state index contributed by atoms with van der Waals surface area (Å²) in [6, 6.07) is 0. The molecule has 0 radical (unpaired) electrons. The summed E-state index contributed by atoms with van der Waals surface area (Å²) >= 11 is 0. The zero-order valence-corrected chi connectivity index (χ0v) is 8.95. The molecule has 2 heteroatoms. The van der Waals surface area contributed by atoms with Crippen molar-refractivity contribution >= 4 is 11.6 Å². The molecule has 0 N–H and O–H groups in total. The SMILES string of the molecule is CCCCCC.O=C1C=CC(=O)C=C1. The number of hydrogen-bond donors (Lipinski definition) is 0. The van der Waals surface area contributed by atoms with E-state index in [1.807, 2.05) is 0 Å². The average molecular weight is 194 g/mol. The molecule has 1 rings (SSSR count). The summed E-state index contributed by atoms with van der Waals surface area (Å²) in [5.41, 5.74) is 0. The highest BCUT2D eigenvalue weighted by molar-refractivity contribution is 6.14. The Morgan fingerprint density at radius 1 is 0.786 bits per heavy atom. The molecular formula is C12H18O2. The Balaban J connectivity index is 0.000000255. The van der Waals surface area contributed by atoms with E-state index in [-0.39, 0.29) is 11.6 Å². The van der Waals surface area contributed by atoms with Crippen LogP contribution >= 0.6 is 0 Å². The summed E-state index contributed by atoms with van der Waals surface area (Å²) in [5, 5.41) is 0. The zero-order chi connectivity index (χ0) is 10.8. The first-order valence-electron chi connectivity index (χ1n) is 5.14. The molecule has 0 saturated heterocycles. The second-order valence-corrected chi connectivity index (χ2v) is 3.18. The fraction of sp³-hybridized carbons (Fsp3) is 0.500. The maximum Gasteiger partial charge on any atom is 0.178 e. The van der Waals surface area contributed by atoms with Crippen LogP contribution in [0.1, 0.15) is 39.5 Å². The molecule has 14 heavy (non-hydrogen) atoms. The van der Waals surface area contributed by atoms with E-state index in [4.69, 9.17) is 0 Å². The predicted octanol–water partition coefficient (Wildman–Crippen LogP) is 2.84. The minimum absolute atomic E-state index is 0.121. The lowest BCUT2D eigenvalue weighted by Gasteiger charge is -1.87. The lowest BCUT2D eigenvalue weighted by atomic mass is 10.2. The molecule has 0 saturated carbocycles. The maximum absolute atomic E-state index is 10.3. The molecule has 0 spiro atoms. The molecule has 0 aromatic carbocycles. The smallest absolute Gasteiger partial charge is 0.178 e. The lowest BCUT2D eigenvalue weighted by molar-refractivity contribution is -0.113. The summed E-state index contributed by atoms with van der Waals surface area (Å²) in [7, 11) is 0. The fourth-order valence-corrected chi connectivity index (χ4v) is 0.940. The van der Waals surface area contributed by atoms with Crippen LogP contribution in [0, 0.1) is 0 Å². The van der Waals surface area contributed by atoms with Gasteiger partial charge in [0.1, 0.15) is 0 Å². The quantitative estimate of drug-likeness (QED) is 0.511. The van der Waals surface area contributed by atoms with Gasteiger partial charge in [-0.2, -0.15) is 0 Å². The molecule has 0 aromatic rings. The van der Waals surface area contributed by atoms with Gasteiger partial charge in [-0.05, 0) is 24.3 Å². The first-order chi connectivity index (χ1) is 6.70. The fourth-order valence-electron chi connectivity index (χ4n) is 0.940. The average Bonchev–Trinajstić information content (AvgIpc) is 2.20. The molecule has 0 bridgehead atoms. The number of ketones is 2. The minimum atomic E-state index is -0.121. The van der Waals surface area contributed by atoms with Gasteiger partial charge in [-0.25, -0.2) is 0 Å². The van der Waals surface area contributed by atoms with E-state index in [1.165, 1.54) is 50.0 Å². The lowest BCUT2D eigenvalue weighted by Crippen LogP contribution is -1.97. The van der Waals surface area contributed by atoms with Crippen molar-refractivity contribution in [3.05, 3.63) is 24.3 Å². The van der Waals surface area contributed by atoms with Crippen molar-refractivity contribution in [2.45, 2.75) is 39.5 Å². The van der Waals surface area contributed by atoms with Crippen LogP contribution in [0.5, 0.6) is 0 Å². The van der Waals surface area contributed by atoms with E-state index in [0.717, 1.165) is 0 Å². The molecule has 1 aliphatic carbocycles. The topological polar surface area (TPSA) is 34.1 Å². The van der Waals surface area contributed by atoms with Crippen molar-refractivity contribution < 1.29 is 9.59 Å². The Morgan fingerprint density at radius 2 is 1.07 bits per heavy atom. The monoisotopic (exact) mass is 194 g/mol. The molecule has 1 aliphatic rings. The third-order valence-corrected chi connectivity index (χ3v) is 1.78. The van der Waals surface area contributed by atoms with E-state index in [2.05, 4.69) is 13.8 Å². The van der Waals surface area contributed by atoms with Gasteiger partial charge in [0.2, 0.25) is 0 Å². The third-order valence-electron chi connectivity index (χ3n) is 1.78. The van der Waals surface area contributed by atoms with Crippen LogP contribution < -0.4 is 0 Å². The second kappa shape index (κ2) is 8.42. The number of carbonyl (C=O) groups excluding carboxylic acids is 2. The summed E-state index contributed by atoms with van der Waals surface area (Å²) in [5.74, 6) is -0.241. The Bertz CT molecular complexity index is 195. The van der Waals surface area contributed by atoms with Crippen molar-refractivity contribution in [1.82, 2.24) is 0 Å². The highest BCUT2D eigenvalue weighted by Crippen LogP contribution is 1.95. The molecule has 0 aliphatic heterocycles. The molecule has 0 amide bonds. The highest BCUT2D eigenvalue weighted by atomic mass is 16.1. The minimum Gasteiger partial charge on any atom is -0.290 e.